The molecule has 3 aromatic rings. The fraction of sp³-hybridized carbons (Fsp3) is 0.176. The molecule has 2 heterocycles. The average molecular weight is 312 g/mol. The number of aliphatic hydroxyl groups is 1. The number of carbonyl (C=O) groups is 1. The largest absolute Gasteiger partial charge is 0.478 e. The van der Waals surface area contributed by atoms with Crippen molar-refractivity contribution >= 4 is 16.9 Å². The molecule has 0 fully saturated rings. The number of carboxylic acids is 1. The molecule has 1 aromatic carbocycles. The molecule has 0 bridgehead atoms. The number of ether oxygens (including phenoxy) is 1. The Labute approximate surface area is 132 Å². The predicted octanol–water partition coefficient (Wildman–Crippen LogP) is 2.98. The fourth-order valence-electron chi connectivity index (χ4n) is 2.41. The summed E-state index contributed by atoms with van der Waals surface area (Å²) in [7, 11) is 0. The predicted molar refractivity (Wildman–Crippen MR) is 85.0 cm³/mol. The molecular formula is C17H16N2O4. The summed E-state index contributed by atoms with van der Waals surface area (Å²) >= 11 is 0. The first-order valence-electron chi connectivity index (χ1n) is 7.18. The summed E-state index contributed by atoms with van der Waals surface area (Å²) < 4.78 is 5.78. The third kappa shape index (κ3) is 3.32. The molecule has 0 aliphatic rings. The van der Waals surface area contributed by atoms with E-state index in [1.54, 1.807) is 43.5 Å². The van der Waals surface area contributed by atoms with Crippen LogP contribution in [0.2, 0.25) is 0 Å². The lowest BCUT2D eigenvalue weighted by atomic mass is 10.1. The van der Waals surface area contributed by atoms with E-state index in [2.05, 4.69) is 9.97 Å². The van der Waals surface area contributed by atoms with E-state index in [4.69, 9.17) is 4.74 Å². The highest BCUT2D eigenvalue weighted by Gasteiger charge is 2.11. The normalized spacial score (nSPS) is 12.3. The van der Waals surface area contributed by atoms with Crippen LogP contribution in [0.4, 0.5) is 0 Å². The summed E-state index contributed by atoms with van der Waals surface area (Å²) in [5, 5.41) is 19.2. The van der Waals surface area contributed by atoms with Crippen molar-refractivity contribution in [1.29, 1.82) is 0 Å². The number of aromatic carboxylic acids is 1. The Hall–Kier alpha value is -2.86. The first-order valence-corrected chi connectivity index (χ1v) is 7.18. The lowest BCUT2D eigenvalue weighted by Crippen LogP contribution is -2.05. The fourth-order valence-corrected chi connectivity index (χ4v) is 2.41. The van der Waals surface area contributed by atoms with E-state index in [0.717, 1.165) is 11.2 Å². The van der Waals surface area contributed by atoms with Crippen molar-refractivity contribution in [3.8, 4) is 11.5 Å². The molecule has 23 heavy (non-hydrogen) atoms. The van der Waals surface area contributed by atoms with Gasteiger partial charge in [0.05, 0.1) is 11.7 Å². The van der Waals surface area contributed by atoms with Crippen LogP contribution in [0.5, 0.6) is 11.5 Å². The average Bonchev–Trinajstić information content (AvgIpc) is 2.90. The van der Waals surface area contributed by atoms with Crippen LogP contribution in [0.3, 0.4) is 0 Å². The van der Waals surface area contributed by atoms with Gasteiger partial charge in [0.25, 0.3) is 0 Å². The highest BCUT2D eigenvalue weighted by molar-refractivity contribution is 6.03. The summed E-state index contributed by atoms with van der Waals surface area (Å²) in [4.78, 5) is 18.3. The van der Waals surface area contributed by atoms with Crippen molar-refractivity contribution in [2.24, 2.45) is 0 Å². The zero-order chi connectivity index (χ0) is 16.4. The van der Waals surface area contributed by atoms with Gasteiger partial charge in [-0.15, -0.1) is 0 Å². The topological polar surface area (TPSA) is 95.4 Å². The van der Waals surface area contributed by atoms with Gasteiger partial charge in [-0.3, -0.25) is 4.98 Å². The minimum Gasteiger partial charge on any atom is -0.478 e. The van der Waals surface area contributed by atoms with E-state index in [9.17, 15) is 15.0 Å². The van der Waals surface area contributed by atoms with E-state index >= 15 is 0 Å². The van der Waals surface area contributed by atoms with Crippen LogP contribution in [0.1, 0.15) is 23.0 Å². The number of aromatic amines is 1. The number of hydrogen-bond donors (Lipinski definition) is 3. The Kier molecular flexibility index (Phi) is 3.99. The maximum Gasteiger partial charge on any atom is 0.337 e. The van der Waals surface area contributed by atoms with Gasteiger partial charge in [0, 0.05) is 41.5 Å². The molecule has 118 valence electrons. The lowest BCUT2D eigenvalue weighted by molar-refractivity contribution is 0.0699. The van der Waals surface area contributed by atoms with Gasteiger partial charge in [-0.25, -0.2) is 4.79 Å². The van der Waals surface area contributed by atoms with Gasteiger partial charge in [0.15, 0.2) is 0 Å². The molecule has 1 atom stereocenters. The van der Waals surface area contributed by atoms with Crippen molar-refractivity contribution in [2.45, 2.75) is 19.4 Å². The van der Waals surface area contributed by atoms with Crippen LogP contribution in [-0.2, 0) is 6.42 Å². The van der Waals surface area contributed by atoms with E-state index in [1.807, 2.05) is 0 Å². The van der Waals surface area contributed by atoms with Crippen molar-refractivity contribution in [3.05, 3.63) is 54.0 Å². The van der Waals surface area contributed by atoms with Crippen LogP contribution in [0, 0.1) is 0 Å². The van der Waals surface area contributed by atoms with Gasteiger partial charge in [-0.1, -0.05) is 0 Å². The van der Waals surface area contributed by atoms with Crippen LogP contribution < -0.4 is 4.74 Å². The minimum atomic E-state index is -0.989. The van der Waals surface area contributed by atoms with Gasteiger partial charge in [-0.05, 0) is 31.2 Å². The summed E-state index contributed by atoms with van der Waals surface area (Å²) in [6, 6.07) is 8.69. The molecule has 0 amide bonds. The van der Waals surface area contributed by atoms with E-state index in [-0.39, 0.29) is 5.56 Å². The second-order valence-corrected chi connectivity index (χ2v) is 5.35. The third-order valence-corrected chi connectivity index (χ3v) is 3.41. The number of aromatic nitrogens is 2. The lowest BCUT2D eigenvalue weighted by Gasteiger charge is -2.08. The maximum absolute atomic E-state index is 11.2. The molecule has 1 unspecified atom stereocenters. The van der Waals surface area contributed by atoms with Crippen LogP contribution in [0.25, 0.3) is 10.9 Å². The maximum atomic E-state index is 11.2. The minimum absolute atomic E-state index is 0.204. The van der Waals surface area contributed by atoms with Gasteiger partial charge in [-0.2, -0.15) is 0 Å². The number of nitrogens with zero attached hydrogens (tertiary/aromatic N) is 1. The first kappa shape index (κ1) is 15.1. The Morgan fingerprint density at radius 1 is 1.30 bits per heavy atom. The molecule has 0 aliphatic carbocycles. The Bertz CT molecular complexity index is 855. The van der Waals surface area contributed by atoms with Crippen LogP contribution in [-0.4, -0.2) is 32.3 Å². The second-order valence-electron chi connectivity index (χ2n) is 5.35. The first-order chi connectivity index (χ1) is 11.0. The van der Waals surface area contributed by atoms with E-state index in [0.29, 0.717) is 23.3 Å². The molecule has 6 heteroatoms. The highest BCUT2D eigenvalue weighted by Crippen LogP contribution is 2.27. The molecule has 3 rings (SSSR count). The molecule has 0 saturated heterocycles. The number of benzene rings is 1. The van der Waals surface area contributed by atoms with Gasteiger partial charge < -0.3 is 19.9 Å². The molecule has 0 aliphatic heterocycles. The van der Waals surface area contributed by atoms with Crippen LogP contribution >= 0.6 is 0 Å². The van der Waals surface area contributed by atoms with Gasteiger partial charge in [0.2, 0.25) is 0 Å². The van der Waals surface area contributed by atoms with Crippen molar-refractivity contribution in [2.75, 3.05) is 0 Å². The van der Waals surface area contributed by atoms with Crippen molar-refractivity contribution in [3.63, 3.8) is 0 Å². The van der Waals surface area contributed by atoms with Crippen molar-refractivity contribution in [1.82, 2.24) is 9.97 Å². The summed E-state index contributed by atoms with van der Waals surface area (Å²) in [6.45, 7) is 1.70. The number of pyridine rings is 1. The van der Waals surface area contributed by atoms with E-state index in [1.165, 1.54) is 6.20 Å². The van der Waals surface area contributed by atoms with Crippen LogP contribution in [0.15, 0.2) is 42.7 Å². The molecular weight excluding hydrogens is 296 g/mol. The molecule has 3 N–H and O–H groups in total. The number of fused-ring (bicyclic) bond motifs is 1. The number of carboxylic acid groups (broad SMARTS) is 1. The van der Waals surface area contributed by atoms with Crippen molar-refractivity contribution < 1.29 is 19.7 Å². The molecule has 2 aromatic heterocycles. The number of aliphatic hydroxyl groups excluding tert-OH is 1. The SMILES string of the molecule is CC(O)Cc1cc(Oc2ccc3[nH]cc(C(=O)O)c3c2)ccn1. The molecule has 0 saturated carbocycles. The molecule has 0 radical (unpaired) electrons. The number of nitrogens with one attached hydrogen (secondary N) is 1. The second kappa shape index (κ2) is 6.10. The van der Waals surface area contributed by atoms with Gasteiger partial charge in [0.1, 0.15) is 11.5 Å². The summed E-state index contributed by atoms with van der Waals surface area (Å²) in [5.41, 5.74) is 1.67. The smallest absolute Gasteiger partial charge is 0.337 e. The Morgan fingerprint density at radius 2 is 2.09 bits per heavy atom. The highest BCUT2D eigenvalue weighted by atomic mass is 16.5. The zero-order valence-corrected chi connectivity index (χ0v) is 12.5. The Balaban J connectivity index is 1.89. The van der Waals surface area contributed by atoms with Gasteiger partial charge >= 0.3 is 5.97 Å². The number of H-pyrrole nitrogens is 1. The van der Waals surface area contributed by atoms with E-state index < -0.39 is 12.1 Å². The molecule has 0 spiro atoms. The monoisotopic (exact) mass is 312 g/mol. The summed E-state index contributed by atoms with van der Waals surface area (Å²) in [6.07, 6.45) is 3.04. The quantitative estimate of drug-likeness (QED) is 0.673. The number of hydrogen-bond acceptors (Lipinski definition) is 4. The third-order valence-electron chi connectivity index (χ3n) is 3.41. The number of rotatable bonds is 5. The molecule has 6 nitrogen and oxygen atoms in total. The zero-order valence-electron chi connectivity index (χ0n) is 12.5. The standard InChI is InChI=1S/C17H16N2O4/c1-10(20)6-11-7-13(4-5-18-11)23-12-2-3-16-14(8-12)15(9-19-16)17(21)22/h2-5,7-10,19-20H,6H2,1H3,(H,21,22). The Morgan fingerprint density at radius 3 is 2.83 bits per heavy atom. The summed E-state index contributed by atoms with van der Waals surface area (Å²) in [5.74, 6) is 0.132.